The first-order chi connectivity index (χ1) is 9.02. The molecular formula is C14H11Br2ClFN. The molecule has 0 aliphatic rings. The van der Waals surface area contributed by atoms with E-state index in [4.69, 9.17) is 11.6 Å². The van der Waals surface area contributed by atoms with E-state index >= 15 is 0 Å². The third-order valence-electron chi connectivity index (χ3n) is 2.83. The second-order valence-corrected chi connectivity index (χ2v) is 6.23. The summed E-state index contributed by atoms with van der Waals surface area (Å²) in [7, 11) is 1.82. The van der Waals surface area contributed by atoms with Crippen molar-refractivity contribution < 1.29 is 4.39 Å². The molecule has 0 bridgehead atoms. The third kappa shape index (κ3) is 3.37. The minimum atomic E-state index is -0.298. The summed E-state index contributed by atoms with van der Waals surface area (Å²) in [6.45, 7) is 0. The van der Waals surface area contributed by atoms with Crippen LogP contribution in [0, 0.1) is 5.82 Å². The van der Waals surface area contributed by atoms with E-state index < -0.39 is 0 Å². The van der Waals surface area contributed by atoms with Gasteiger partial charge in [-0.3, -0.25) is 0 Å². The summed E-state index contributed by atoms with van der Waals surface area (Å²) in [5.41, 5.74) is 1.71. The van der Waals surface area contributed by atoms with Crippen LogP contribution >= 0.6 is 43.5 Å². The molecule has 0 fully saturated rings. The minimum absolute atomic E-state index is 0.175. The van der Waals surface area contributed by atoms with Gasteiger partial charge in [-0.1, -0.05) is 49.5 Å². The van der Waals surface area contributed by atoms with E-state index in [1.54, 1.807) is 6.07 Å². The molecule has 100 valence electrons. The summed E-state index contributed by atoms with van der Waals surface area (Å²) in [6, 6.07) is 10.1. The fraction of sp³-hybridized carbons (Fsp3) is 0.143. The lowest BCUT2D eigenvalue weighted by Crippen LogP contribution is -2.18. The Morgan fingerprint density at radius 3 is 2.47 bits per heavy atom. The average molecular weight is 408 g/mol. The Morgan fingerprint density at radius 2 is 1.84 bits per heavy atom. The van der Waals surface area contributed by atoms with Crippen LogP contribution in [-0.2, 0) is 0 Å². The normalized spacial score (nSPS) is 12.5. The topological polar surface area (TPSA) is 12.0 Å². The van der Waals surface area contributed by atoms with Crippen molar-refractivity contribution in [1.29, 1.82) is 0 Å². The molecule has 0 aromatic heterocycles. The summed E-state index contributed by atoms with van der Waals surface area (Å²) in [4.78, 5) is 0. The Labute approximate surface area is 133 Å². The zero-order valence-corrected chi connectivity index (χ0v) is 14.0. The van der Waals surface area contributed by atoms with Crippen LogP contribution < -0.4 is 5.32 Å². The van der Waals surface area contributed by atoms with Gasteiger partial charge in [-0.2, -0.15) is 0 Å². The lowest BCUT2D eigenvalue weighted by molar-refractivity contribution is 0.616. The molecule has 5 heteroatoms. The van der Waals surface area contributed by atoms with E-state index in [1.165, 1.54) is 12.1 Å². The molecule has 1 N–H and O–H groups in total. The molecule has 2 aromatic carbocycles. The van der Waals surface area contributed by atoms with Crippen LogP contribution in [0.2, 0.25) is 5.02 Å². The Hall–Kier alpha value is -0.420. The van der Waals surface area contributed by atoms with Crippen LogP contribution in [0.3, 0.4) is 0 Å². The Balaban J connectivity index is 2.52. The first kappa shape index (κ1) is 15.0. The van der Waals surface area contributed by atoms with Gasteiger partial charge in [0.15, 0.2) is 0 Å². The number of rotatable bonds is 3. The zero-order valence-electron chi connectivity index (χ0n) is 10.1. The standard InChI is InChI=1S/C14H11Br2ClFN/c1-19-14(10-4-2-8(15)6-12(10)16)11-7-9(18)3-5-13(11)17/h2-7,14,19H,1H3. The van der Waals surface area contributed by atoms with E-state index in [0.29, 0.717) is 10.6 Å². The van der Waals surface area contributed by atoms with Crippen molar-refractivity contribution in [3.8, 4) is 0 Å². The molecular weight excluding hydrogens is 396 g/mol. The first-order valence-electron chi connectivity index (χ1n) is 5.60. The van der Waals surface area contributed by atoms with Crippen molar-refractivity contribution in [3.63, 3.8) is 0 Å². The van der Waals surface area contributed by atoms with Gasteiger partial charge < -0.3 is 5.32 Å². The molecule has 0 saturated carbocycles. The molecule has 0 aliphatic carbocycles. The highest BCUT2D eigenvalue weighted by Crippen LogP contribution is 2.34. The van der Waals surface area contributed by atoms with Gasteiger partial charge in [-0.25, -0.2) is 4.39 Å². The van der Waals surface area contributed by atoms with E-state index in [2.05, 4.69) is 37.2 Å². The van der Waals surface area contributed by atoms with Gasteiger partial charge >= 0.3 is 0 Å². The molecule has 2 aromatic rings. The molecule has 0 heterocycles. The van der Waals surface area contributed by atoms with Gasteiger partial charge in [0.1, 0.15) is 5.82 Å². The lowest BCUT2D eigenvalue weighted by Gasteiger charge is -2.20. The van der Waals surface area contributed by atoms with Crippen LogP contribution in [-0.4, -0.2) is 7.05 Å². The second-order valence-electron chi connectivity index (χ2n) is 4.05. The van der Waals surface area contributed by atoms with E-state index in [0.717, 1.165) is 14.5 Å². The monoisotopic (exact) mass is 405 g/mol. The highest BCUT2D eigenvalue weighted by molar-refractivity contribution is 9.11. The highest BCUT2D eigenvalue weighted by Gasteiger charge is 2.18. The van der Waals surface area contributed by atoms with Gasteiger partial charge in [0.05, 0.1) is 6.04 Å². The van der Waals surface area contributed by atoms with E-state index in [1.807, 2.05) is 25.2 Å². The maximum atomic E-state index is 13.4. The van der Waals surface area contributed by atoms with Crippen LogP contribution in [0.1, 0.15) is 17.2 Å². The van der Waals surface area contributed by atoms with Crippen molar-refractivity contribution in [1.82, 2.24) is 5.32 Å². The number of hydrogen-bond donors (Lipinski definition) is 1. The van der Waals surface area contributed by atoms with E-state index in [9.17, 15) is 4.39 Å². The number of hydrogen-bond acceptors (Lipinski definition) is 1. The second kappa shape index (κ2) is 6.35. The van der Waals surface area contributed by atoms with Crippen molar-refractivity contribution in [2.45, 2.75) is 6.04 Å². The van der Waals surface area contributed by atoms with Gasteiger partial charge in [0.25, 0.3) is 0 Å². The molecule has 0 spiro atoms. The van der Waals surface area contributed by atoms with Crippen molar-refractivity contribution >= 4 is 43.5 Å². The van der Waals surface area contributed by atoms with Crippen LogP contribution in [0.15, 0.2) is 45.3 Å². The molecule has 19 heavy (non-hydrogen) atoms. The van der Waals surface area contributed by atoms with Crippen molar-refractivity contribution in [3.05, 3.63) is 67.3 Å². The minimum Gasteiger partial charge on any atom is -0.309 e. The van der Waals surface area contributed by atoms with Crippen LogP contribution in [0.5, 0.6) is 0 Å². The fourth-order valence-corrected chi connectivity index (χ4v) is 3.45. The fourth-order valence-electron chi connectivity index (χ4n) is 1.95. The van der Waals surface area contributed by atoms with Gasteiger partial charge in [0, 0.05) is 14.0 Å². The quantitative estimate of drug-likeness (QED) is 0.727. The smallest absolute Gasteiger partial charge is 0.123 e. The molecule has 0 aliphatic heterocycles. The Bertz CT molecular complexity index is 604. The Morgan fingerprint density at radius 1 is 1.11 bits per heavy atom. The molecule has 1 nitrogen and oxygen atoms in total. The maximum absolute atomic E-state index is 13.4. The summed E-state index contributed by atoms with van der Waals surface area (Å²) < 4.78 is 15.3. The SMILES string of the molecule is CNC(c1cc(F)ccc1Cl)c1ccc(Br)cc1Br. The molecule has 1 unspecified atom stereocenters. The predicted molar refractivity (Wildman–Crippen MR) is 84.2 cm³/mol. The third-order valence-corrected chi connectivity index (χ3v) is 4.36. The Kier molecular flexibility index (Phi) is 5.01. The summed E-state index contributed by atoms with van der Waals surface area (Å²) in [5.74, 6) is -0.298. The molecule has 0 saturated heterocycles. The van der Waals surface area contributed by atoms with Gasteiger partial charge in [-0.05, 0) is 48.5 Å². The maximum Gasteiger partial charge on any atom is 0.123 e. The van der Waals surface area contributed by atoms with Crippen LogP contribution in [0.4, 0.5) is 4.39 Å². The number of halogens is 4. The van der Waals surface area contributed by atoms with Crippen LogP contribution in [0.25, 0.3) is 0 Å². The number of nitrogens with one attached hydrogen (secondary N) is 1. The van der Waals surface area contributed by atoms with Crippen molar-refractivity contribution in [2.24, 2.45) is 0 Å². The van der Waals surface area contributed by atoms with Crippen molar-refractivity contribution in [2.75, 3.05) is 7.05 Å². The van der Waals surface area contributed by atoms with Gasteiger partial charge in [0.2, 0.25) is 0 Å². The molecule has 1 atom stereocenters. The first-order valence-corrected chi connectivity index (χ1v) is 7.56. The lowest BCUT2D eigenvalue weighted by atomic mass is 9.99. The summed E-state index contributed by atoms with van der Waals surface area (Å²) in [6.07, 6.45) is 0. The van der Waals surface area contributed by atoms with Gasteiger partial charge in [-0.15, -0.1) is 0 Å². The summed E-state index contributed by atoms with van der Waals surface area (Å²) in [5, 5.41) is 3.70. The molecule has 2 rings (SSSR count). The largest absolute Gasteiger partial charge is 0.309 e. The highest BCUT2D eigenvalue weighted by atomic mass is 79.9. The molecule has 0 amide bonds. The number of benzene rings is 2. The van der Waals surface area contributed by atoms with E-state index in [-0.39, 0.29) is 11.9 Å². The molecule has 0 radical (unpaired) electrons. The zero-order chi connectivity index (χ0) is 14.0. The summed E-state index contributed by atoms with van der Waals surface area (Å²) >= 11 is 13.1. The predicted octanol–water partition coefficient (Wildman–Crippen LogP) is 5.31. The average Bonchev–Trinajstić information content (AvgIpc) is 2.36.